The number of nitrogens with zero attached hydrogens (tertiary/aromatic N) is 3. The number of hydrogen-bond donors (Lipinski definition) is 1. The molecule has 24 heavy (non-hydrogen) atoms. The van der Waals surface area contributed by atoms with Gasteiger partial charge in [0.15, 0.2) is 0 Å². The van der Waals surface area contributed by atoms with E-state index in [0.717, 1.165) is 24.3 Å². The van der Waals surface area contributed by atoms with Crippen molar-refractivity contribution in [2.75, 3.05) is 6.61 Å². The molecule has 1 aromatic heterocycles. The van der Waals surface area contributed by atoms with Gasteiger partial charge < -0.3 is 9.67 Å². The normalized spacial score (nSPS) is 12.6. The molecular weight excluding hydrogens is 298 g/mol. The summed E-state index contributed by atoms with van der Waals surface area (Å²) in [6, 6.07) is 14.6. The van der Waals surface area contributed by atoms with Gasteiger partial charge in [0.1, 0.15) is 11.8 Å². The minimum atomic E-state index is 0.0790. The summed E-state index contributed by atoms with van der Waals surface area (Å²) in [5.74, 6) is 0.346. The van der Waals surface area contributed by atoms with Crippen molar-refractivity contribution < 1.29 is 5.11 Å². The van der Waals surface area contributed by atoms with E-state index in [1.165, 1.54) is 5.56 Å². The molecule has 1 N–H and O–H groups in total. The highest BCUT2D eigenvalue weighted by molar-refractivity contribution is 5.34. The Morgan fingerprint density at radius 2 is 1.88 bits per heavy atom. The third-order valence-electron chi connectivity index (χ3n) is 4.78. The molecule has 0 saturated heterocycles. The second kappa shape index (κ2) is 8.14. The van der Waals surface area contributed by atoms with Gasteiger partial charge in [0, 0.05) is 31.9 Å². The van der Waals surface area contributed by atoms with Gasteiger partial charge >= 0.3 is 0 Å². The summed E-state index contributed by atoms with van der Waals surface area (Å²) < 4.78 is 1.93. The van der Waals surface area contributed by atoms with E-state index >= 15 is 0 Å². The first kappa shape index (κ1) is 18.3. The maximum absolute atomic E-state index is 9.90. The number of benzene rings is 1. The van der Waals surface area contributed by atoms with Gasteiger partial charge in [-0.1, -0.05) is 44.2 Å². The van der Waals surface area contributed by atoms with Gasteiger partial charge in [-0.15, -0.1) is 0 Å². The highest BCUT2D eigenvalue weighted by Gasteiger charge is 2.23. The van der Waals surface area contributed by atoms with Gasteiger partial charge in [0.05, 0.1) is 6.61 Å². The van der Waals surface area contributed by atoms with Crippen LogP contribution in [0.25, 0.3) is 0 Å². The first-order valence-electron chi connectivity index (χ1n) is 8.42. The summed E-state index contributed by atoms with van der Waals surface area (Å²) in [5.41, 5.74) is 4.15. The lowest BCUT2D eigenvalue weighted by atomic mass is 10.0. The van der Waals surface area contributed by atoms with Gasteiger partial charge in [-0.05, 0) is 30.0 Å². The maximum Gasteiger partial charge on any atom is 0.120 e. The molecular formula is C20H27N3O. The molecule has 0 fully saturated rings. The van der Waals surface area contributed by atoms with E-state index in [4.69, 9.17) is 0 Å². The molecule has 0 bridgehead atoms. The van der Waals surface area contributed by atoms with Crippen molar-refractivity contribution in [3.8, 4) is 6.07 Å². The Hall–Kier alpha value is -2.09. The van der Waals surface area contributed by atoms with Gasteiger partial charge in [-0.25, -0.2) is 0 Å². The van der Waals surface area contributed by atoms with Crippen LogP contribution in [0.4, 0.5) is 0 Å². The van der Waals surface area contributed by atoms with E-state index in [1.54, 1.807) is 0 Å². The van der Waals surface area contributed by atoms with Crippen LogP contribution in [-0.2, 0) is 20.1 Å². The molecule has 0 saturated carbocycles. The molecule has 4 nitrogen and oxygen atoms in total. The number of hydrogen-bond acceptors (Lipinski definition) is 3. The van der Waals surface area contributed by atoms with Crippen LogP contribution >= 0.6 is 0 Å². The van der Waals surface area contributed by atoms with Crippen LogP contribution in [0.2, 0.25) is 0 Å². The number of aliphatic hydroxyl groups is 1. The molecule has 0 aliphatic rings. The third-order valence-corrected chi connectivity index (χ3v) is 4.78. The van der Waals surface area contributed by atoms with E-state index in [2.05, 4.69) is 36.9 Å². The highest BCUT2D eigenvalue weighted by Crippen LogP contribution is 2.21. The summed E-state index contributed by atoms with van der Waals surface area (Å²) >= 11 is 0. The average Bonchev–Trinajstić information content (AvgIpc) is 2.84. The Labute approximate surface area is 145 Å². The number of rotatable bonds is 7. The van der Waals surface area contributed by atoms with Gasteiger partial charge in [0.25, 0.3) is 0 Å². The Bertz CT molecular complexity index is 698. The predicted octanol–water partition coefficient (Wildman–Crippen LogP) is 3.22. The standard InChI is InChI=1S/C20H27N3O/c1-15(2)20(14-24)23(12-17-8-6-5-7-9-17)13-18-10-19(11-21)22(4)16(18)3/h5-10,15,20,24H,12-14H2,1-4H3. The van der Waals surface area contributed by atoms with Crippen molar-refractivity contribution in [3.63, 3.8) is 0 Å². The SMILES string of the molecule is Cc1c(CN(Cc2ccccc2)C(CO)C(C)C)cc(C#N)n1C. The fourth-order valence-electron chi connectivity index (χ4n) is 3.10. The molecule has 1 atom stereocenters. The Balaban J connectivity index is 2.30. The minimum absolute atomic E-state index is 0.0790. The molecule has 2 aromatic rings. The van der Waals surface area contributed by atoms with E-state index in [0.29, 0.717) is 11.6 Å². The van der Waals surface area contributed by atoms with Gasteiger partial charge in [-0.3, -0.25) is 4.90 Å². The van der Waals surface area contributed by atoms with E-state index in [1.807, 2.05) is 42.8 Å². The Morgan fingerprint density at radius 3 is 2.38 bits per heavy atom. The largest absolute Gasteiger partial charge is 0.395 e. The molecule has 0 amide bonds. The molecule has 0 aliphatic carbocycles. The smallest absolute Gasteiger partial charge is 0.120 e. The quantitative estimate of drug-likeness (QED) is 0.850. The summed E-state index contributed by atoms with van der Waals surface area (Å²) in [6.07, 6.45) is 0. The van der Waals surface area contributed by atoms with Crippen molar-refractivity contribution in [1.82, 2.24) is 9.47 Å². The fourth-order valence-corrected chi connectivity index (χ4v) is 3.10. The summed E-state index contributed by atoms with van der Waals surface area (Å²) in [4.78, 5) is 2.31. The van der Waals surface area contributed by atoms with Crippen LogP contribution < -0.4 is 0 Å². The second-order valence-corrected chi connectivity index (χ2v) is 6.70. The van der Waals surface area contributed by atoms with Gasteiger partial charge in [-0.2, -0.15) is 5.26 Å². The molecule has 1 aromatic carbocycles. The first-order chi connectivity index (χ1) is 11.5. The summed E-state index contributed by atoms with van der Waals surface area (Å²) in [5, 5.41) is 19.1. The van der Waals surface area contributed by atoms with Crippen LogP contribution in [0.3, 0.4) is 0 Å². The molecule has 0 radical (unpaired) electrons. The third kappa shape index (κ3) is 4.05. The predicted molar refractivity (Wildman–Crippen MR) is 96.3 cm³/mol. The zero-order valence-corrected chi connectivity index (χ0v) is 15.0. The maximum atomic E-state index is 9.90. The van der Waals surface area contributed by atoms with E-state index < -0.39 is 0 Å². The molecule has 2 rings (SSSR count). The van der Waals surface area contributed by atoms with Crippen molar-refractivity contribution >= 4 is 0 Å². The number of aromatic nitrogens is 1. The van der Waals surface area contributed by atoms with Crippen LogP contribution in [0.1, 0.15) is 36.4 Å². The van der Waals surface area contributed by atoms with E-state index in [-0.39, 0.29) is 12.6 Å². The minimum Gasteiger partial charge on any atom is -0.395 e. The number of aliphatic hydroxyl groups excluding tert-OH is 1. The fraction of sp³-hybridized carbons (Fsp3) is 0.450. The zero-order chi connectivity index (χ0) is 17.7. The lowest BCUT2D eigenvalue weighted by molar-refractivity contribution is 0.0783. The lowest BCUT2D eigenvalue weighted by Crippen LogP contribution is -2.40. The zero-order valence-electron chi connectivity index (χ0n) is 15.0. The molecule has 4 heteroatoms. The van der Waals surface area contributed by atoms with Crippen LogP contribution in [-0.4, -0.2) is 27.2 Å². The van der Waals surface area contributed by atoms with Crippen LogP contribution in [0, 0.1) is 24.2 Å². The topological polar surface area (TPSA) is 52.2 Å². The van der Waals surface area contributed by atoms with Crippen LogP contribution in [0.5, 0.6) is 0 Å². The molecule has 1 heterocycles. The first-order valence-corrected chi connectivity index (χ1v) is 8.42. The summed E-state index contributed by atoms with van der Waals surface area (Å²) in [6.45, 7) is 7.94. The Morgan fingerprint density at radius 1 is 1.21 bits per heavy atom. The molecule has 1 unspecified atom stereocenters. The number of nitriles is 1. The lowest BCUT2D eigenvalue weighted by Gasteiger charge is -2.33. The highest BCUT2D eigenvalue weighted by atomic mass is 16.3. The molecule has 0 spiro atoms. The Kier molecular flexibility index (Phi) is 6.19. The monoisotopic (exact) mass is 325 g/mol. The van der Waals surface area contributed by atoms with Crippen molar-refractivity contribution in [3.05, 3.63) is 58.9 Å². The van der Waals surface area contributed by atoms with Crippen molar-refractivity contribution in [2.24, 2.45) is 13.0 Å². The summed E-state index contributed by atoms with van der Waals surface area (Å²) in [7, 11) is 1.92. The van der Waals surface area contributed by atoms with E-state index in [9.17, 15) is 10.4 Å². The molecule has 128 valence electrons. The van der Waals surface area contributed by atoms with Crippen molar-refractivity contribution in [2.45, 2.75) is 39.9 Å². The van der Waals surface area contributed by atoms with Crippen molar-refractivity contribution in [1.29, 1.82) is 5.26 Å². The molecule has 0 aliphatic heterocycles. The second-order valence-electron chi connectivity index (χ2n) is 6.70. The van der Waals surface area contributed by atoms with Crippen LogP contribution in [0.15, 0.2) is 36.4 Å². The van der Waals surface area contributed by atoms with Gasteiger partial charge in [0.2, 0.25) is 0 Å². The average molecular weight is 325 g/mol.